The number of carbonyl (C=O) groups excluding carboxylic acids is 1. The quantitative estimate of drug-likeness (QED) is 0.655. The van der Waals surface area contributed by atoms with Crippen LogP contribution in [0.15, 0.2) is 24.3 Å². The number of carbonyl (C=O) groups is 1. The van der Waals surface area contributed by atoms with Crippen LogP contribution < -0.4 is 5.73 Å². The molecule has 0 radical (unpaired) electrons. The van der Waals surface area contributed by atoms with Crippen molar-refractivity contribution in [2.45, 2.75) is 45.1 Å². The zero-order valence-electron chi connectivity index (χ0n) is 17.9. The number of likely N-dealkylation sites (tertiary alicyclic amines) is 1. The van der Waals surface area contributed by atoms with Crippen molar-refractivity contribution in [2.75, 3.05) is 25.4 Å². The number of hydrogen-bond acceptors (Lipinski definition) is 6. The van der Waals surface area contributed by atoms with Gasteiger partial charge in [-0.15, -0.1) is 11.3 Å². The number of aromatic nitrogens is 3. The molecule has 5 heterocycles. The van der Waals surface area contributed by atoms with Gasteiger partial charge in [-0.3, -0.25) is 9.89 Å². The zero-order valence-corrected chi connectivity index (χ0v) is 18.7. The SMILES string of the molecule is Cc1n[nH]c(C)c1CC(=O)N1CCC2(CC1)OCCc1sc(-c3cccc(N)n3)cc12. The maximum Gasteiger partial charge on any atom is 0.227 e. The van der Waals surface area contributed by atoms with Crippen LogP contribution in [0.3, 0.4) is 0 Å². The Morgan fingerprint density at radius 2 is 2.13 bits per heavy atom. The van der Waals surface area contributed by atoms with Gasteiger partial charge in [0.1, 0.15) is 5.82 Å². The number of amides is 1. The Morgan fingerprint density at radius 3 is 2.84 bits per heavy atom. The lowest BCUT2D eigenvalue weighted by molar-refractivity contribution is -0.139. The van der Waals surface area contributed by atoms with Gasteiger partial charge in [0, 0.05) is 35.6 Å². The highest BCUT2D eigenvalue weighted by Crippen LogP contribution is 2.46. The normalized spacial score (nSPS) is 17.7. The largest absolute Gasteiger partial charge is 0.384 e. The Morgan fingerprint density at radius 1 is 1.32 bits per heavy atom. The molecule has 31 heavy (non-hydrogen) atoms. The topological polar surface area (TPSA) is 97.1 Å². The van der Waals surface area contributed by atoms with Crippen molar-refractivity contribution in [3.05, 3.63) is 51.7 Å². The number of aryl methyl sites for hydroxylation is 2. The number of rotatable bonds is 3. The van der Waals surface area contributed by atoms with E-state index in [1.54, 1.807) is 17.4 Å². The van der Waals surface area contributed by atoms with Gasteiger partial charge in [0.25, 0.3) is 0 Å². The number of nitrogens with two attached hydrogens (primary N) is 1. The third-order valence-electron chi connectivity index (χ3n) is 6.56. The number of H-pyrrole nitrogens is 1. The van der Waals surface area contributed by atoms with Crippen LogP contribution in [0.1, 0.15) is 40.2 Å². The number of pyridine rings is 1. The predicted octanol–water partition coefficient (Wildman–Crippen LogP) is 3.37. The number of hydrogen-bond donors (Lipinski definition) is 2. The molecule has 3 aromatic rings. The minimum absolute atomic E-state index is 0.161. The first-order valence-electron chi connectivity index (χ1n) is 10.7. The first-order chi connectivity index (χ1) is 14.9. The number of ether oxygens (including phenoxy) is 1. The van der Waals surface area contributed by atoms with Gasteiger partial charge in [0.05, 0.1) is 34.9 Å². The third kappa shape index (κ3) is 3.64. The Balaban J connectivity index is 1.33. The molecule has 1 saturated heterocycles. The van der Waals surface area contributed by atoms with E-state index in [0.717, 1.165) is 53.4 Å². The van der Waals surface area contributed by atoms with Crippen molar-refractivity contribution in [1.82, 2.24) is 20.1 Å². The molecule has 8 heteroatoms. The van der Waals surface area contributed by atoms with E-state index < -0.39 is 0 Å². The summed E-state index contributed by atoms with van der Waals surface area (Å²) in [6.07, 6.45) is 2.95. The van der Waals surface area contributed by atoms with E-state index in [9.17, 15) is 4.79 Å². The van der Waals surface area contributed by atoms with Crippen LogP contribution in [0, 0.1) is 13.8 Å². The minimum atomic E-state index is -0.305. The lowest BCUT2D eigenvalue weighted by Crippen LogP contribution is -2.48. The number of aromatic amines is 1. The van der Waals surface area contributed by atoms with Crippen LogP contribution in [0.4, 0.5) is 5.82 Å². The summed E-state index contributed by atoms with van der Waals surface area (Å²) in [4.78, 5) is 21.9. The molecule has 1 spiro atoms. The van der Waals surface area contributed by atoms with Gasteiger partial charge in [0.2, 0.25) is 5.91 Å². The molecule has 1 amide bonds. The second-order valence-electron chi connectivity index (χ2n) is 8.46. The first-order valence-corrected chi connectivity index (χ1v) is 11.5. The fraction of sp³-hybridized carbons (Fsp3) is 0.435. The number of thiophene rings is 1. The third-order valence-corrected chi connectivity index (χ3v) is 7.78. The number of anilines is 1. The fourth-order valence-electron chi connectivity index (χ4n) is 4.76. The molecule has 0 aromatic carbocycles. The van der Waals surface area contributed by atoms with Crippen molar-refractivity contribution in [2.24, 2.45) is 0 Å². The lowest BCUT2D eigenvalue weighted by atomic mass is 9.82. The monoisotopic (exact) mass is 437 g/mol. The second kappa shape index (κ2) is 7.76. The molecule has 7 nitrogen and oxygen atoms in total. The van der Waals surface area contributed by atoms with E-state index in [0.29, 0.717) is 25.3 Å². The molecule has 1 fully saturated rings. The molecule has 5 rings (SSSR count). The molecule has 0 aliphatic carbocycles. The van der Waals surface area contributed by atoms with E-state index >= 15 is 0 Å². The summed E-state index contributed by atoms with van der Waals surface area (Å²) in [5.74, 6) is 0.693. The minimum Gasteiger partial charge on any atom is -0.384 e. The van der Waals surface area contributed by atoms with Crippen molar-refractivity contribution in [1.29, 1.82) is 0 Å². The van der Waals surface area contributed by atoms with Crippen LogP contribution in [-0.2, 0) is 28.0 Å². The highest BCUT2D eigenvalue weighted by Gasteiger charge is 2.43. The summed E-state index contributed by atoms with van der Waals surface area (Å²) in [5, 5.41) is 7.18. The van der Waals surface area contributed by atoms with Crippen LogP contribution in [0.25, 0.3) is 10.6 Å². The zero-order chi connectivity index (χ0) is 21.6. The summed E-state index contributed by atoms with van der Waals surface area (Å²) < 4.78 is 6.39. The average molecular weight is 438 g/mol. The Bertz CT molecular complexity index is 1110. The van der Waals surface area contributed by atoms with Crippen molar-refractivity contribution in [3.63, 3.8) is 0 Å². The molecular weight excluding hydrogens is 410 g/mol. The Kier molecular flexibility index (Phi) is 5.06. The maximum atomic E-state index is 12.9. The summed E-state index contributed by atoms with van der Waals surface area (Å²) in [6, 6.07) is 7.98. The molecule has 162 valence electrons. The number of nitrogen functional groups attached to an aromatic ring is 1. The van der Waals surface area contributed by atoms with Gasteiger partial charge in [-0.2, -0.15) is 5.10 Å². The number of nitrogens with zero attached hydrogens (tertiary/aromatic N) is 3. The highest BCUT2D eigenvalue weighted by atomic mass is 32.1. The van der Waals surface area contributed by atoms with Gasteiger partial charge in [-0.05, 0) is 50.5 Å². The number of piperidine rings is 1. The van der Waals surface area contributed by atoms with Crippen molar-refractivity contribution >= 4 is 23.1 Å². The molecule has 2 aliphatic rings. The van der Waals surface area contributed by atoms with E-state index in [-0.39, 0.29) is 11.5 Å². The maximum absolute atomic E-state index is 12.9. The van der Waals surface area contributed by atoms with Gasteiger partial charge in [-0.25, -0.2) is 4.98 Å². The number of fused-ring (bicyclic) bond motifs is 2. The van der Waals surface area contributed by atoms with Crippen molar-refractivity contribution < 1.29 is 9.53 Å². The number of nitrogens with one attached hydrogen (secondary N) is 1. The van der Waals surface area contributed by atoms with Crippen LogP contribution in [0.5, 0.6) is 0 Å². The first kappa shape index (κ1) is 20.2. The van der Waals surface area contributed by atoms with E-state index in [1.165, 1.54) is 10.4 Å². The molecule has 0 atom stereocenters. The molecular formula is C23H27N5O2S. The Hall–Kier alpha value is -2.71. The van der Waals surface area contributed by atoms with Gasteiger partial charge >= 0.3 is 0 Å². The summed E-state index contributed by atoms with van der Waals surface area (Å²) >= 11 is 1.79. The summed E-state index contributed by atoms with van der Waals surface area (Å²) in [6.45, 7) is 6.04. The van der Waals surface area contributed by atoms with E-state index in [2.05, 4.69) is 21.2 Å². The fourth-order valence-corrected chi connectivity index (χ4v) is 5.96. The second-order valence-corrected chi connectivity index (χ2v) is 9.59. The Labute approximate surface area is 185 Å². The standard InChI is InChI=1S/C23H27N5O2S/c1-14-16(15(2)27-26-14)12-22(29)28-9-7-23(8-10-28)17-13-20(31-19(17)6-11-30-23)18-4-3-5-21(24)25-18/h3-5,13H,6-12H2,1-2H3,(H2,24,25)(H,26,27). The van der Waals surface area contributed by atoms with E-state index in [1.807, 2.05) is 30.9 Å². The van der Waals surface area contributed by atoms with Crippen LogP contribution in [0.2, 0.25) is 0 Å². The van der Waals surface area contributed by atoms with Gasteiger partial charge in [-0.1, -0.05) is 6.07 Å². The van der Waals surface area contributed by atoms with Crippen molar-refractivity contribution in [3.8, 4) is 10.6 Å². The van der Waals surface area contributed by atoms with E-state index in [4.69, 9.17) is 10.5 Å². The molecule has 0 bridgehead atoms. The molecule has 3 N–H and O–H groups in total. The average Bonchev–Trinajstić information content (AvgIpc) is 3.34. The summed E-state index contributed by atoms with van der Waals surface area (Å²) in [5.41, 5.74) is 10.7. The van der Waals surface area contributed by atoms with Crippen LogP contribution >= 0.6 is 11.3 Å². The summed E-state index contributed by atoms with van der Waals surface area (Å²) in [7, 11) is 0. The smallest absolute Gasteiger partial charge is 0.227 e. The lowest BCUT2D eigenvalue weighted by Gasteiger charge is -2.44. The molecule has 2 aliphatic heterocycles. The van der Waals surface area contributed by atoms with Crippen LogP contribution in [-0.4, -0.2) is 45.7 Å². The molecule has 0 unspecified atom stereocenters. The molecule has 3 aromatic heterocycles. The van der Waals surface area contributed by atoms with Gasteiger partial charge in [0.15, 0.2) is 0 Å². The highest BCUT2D eigenvalue weighted by molar-refractivity contribution is 7.15. The van der Waals surface area contributed by atoms with Gasteiger partial charge < -0.3 is 15.4 Å². The predicted molar refractivity (Wildman–Crippen MR) is 121 cm³/mol. The molecule has 0 saturated carbocycles.